The molecule has 110 valence electrons. The van der Waals surface area contributed by atoms with Gasteiger partial charge in [-0.3, -0.25) is 0 Å². The fraction of sp³-hybridized carbons (Fsp3) is 0.133. The summed E-state index contributed by atoms with van der Waals surface area (Å²) in [7, 11) is -3.69. The number of hydrogen-bond acceptors (Lipinski definition) is 4. The number of hydrogen-bond donors (Lipinski definition) is 2. The lowest BCUT2D eigenvalue weighted by Gasteiger charge is -2.09. The lowest BCUT2D eigenvalue weighted by atomic mass is 10.1. The van der Waals surface area contributed by atoms with Gasteiger partial charge in [0.05, 0.1) is 16.2 Å². The van der Waals surface area contributed by atoms with Crippen molar-refractivity contribution in [2.45, 2.75) is 17.6 Å². The number of carboxylic acid groups (broad SMARTS) is 1. The second-order valence-electron chi connectivity index (χ2n) is 4.71. The second-order valence-corrected chi connectivity index (χ2v) is 6.67. The number of phenols is 1. The van der Waals surface area contributed by atoms with Gasteiger partial charge in [0.15, 0.2) is 9.84 Å². The molecule has 0 amide bonds. The van der Waals surface area contributed by atoms with Gasteiger partial charge in [-0.15, -0.1) is 0 Å². The van der Waals surface area contributed by atoms with E-state index in [-0.39, 0.29) is 22.0 Å². The van der Waals surface area contributed by atoms with Gasteiger partial charge in [-0.25, -0.2) is 13.2 Å². The van der Waals surface area contributed by atoms with Gasteiger partial charge in [-0.1, -0.05) is 18.2 Å². The van der Waals surface area contributed by atoms with E-state index in [9.17, 15) is 18.3 Å². The minimum absolute atomic E-state index is 0.00857. The van der Waals surface area contributed by atoms with Crippen molar-refractivity contribution in [3.8, 4) is 5.75 Å². The molecule has 0 radical (unpaired) electrons. The first-order valence-corrected chi connectivity index (χ1v) is 7.79. The zero-order chi connectivity index (χ0) is 15.6. The second kappa shape index (κ2) is 5.57. The summed E-state index contributed by atoms with van der Waals surface area (Å²) in [5.74, 6) is -1.49. The summed E-state index contributed by atoms with van der Waals surface area (Å²) in [6, 6.07) is 9.97. The van der Waals surface area contributed by atoms with Crippen LogP contribution in [-0.4, -0.2) is 24.6 Å². The quantitative estimate of drug-likeness (QED) is 0.904. The van der Waals surface area contributed by atoms with Crippen molar-refractivity contribution < 1.29 is 23.4 Å². The average molecular weight is 306 g/mol. The molecule has 6 heteroatoms. The van der Waals surface area contributed by atoms with Crippen molar-refractivity contribution in [2.75, 3.05) is 0 Å². The maximum atomic E-state index is 12.4. The van der Waals surface area contributed by atoms with Crippen LogP contribution in [0.3, 0.4) is 0 Å². The Morgan fingerprint density at radius 2 is 1.86 bits per heavy atom. The summed E-state index contributed by atoms with van der Waals surface area (Å²) in [6.07, 6.45) is 0. The molecule has 0 aromatic heterocycles. The summed E-state index contributed by atoms with van der Waals surface area (Å²) in [5.41, 5.74) is 0.852. The molecule has 2 rings (SSSR count). The molecule has 21 heavy (non-hydrogen) atoms. The minimum Gasteiger partial charge on any atom is -0.508 e. The molecule has 0 saturated heterocycles. The van der Waals surface area contributed by atoms with E-state index in [1.807, 2.05) is 0 Å². The molecule has 2 aromatic carbocycles. The van der Waals surface area contributed by atoms with E-state index in [1.165, 1.54) is 24.3 Å². The fourth-order valence-electron chi connectivity index (χ4n) is 2.01. The van der Waals surface area contributed by atoms with Gasteiger partial charge in [0.2, 0.25) is 0 Å². The van der Waals surface area contributed by atoms with Crippen LogP contribution in [0.25, 0.3) is 0 Å². The number of rotatable bonds is 4. The molecule has 0 aliphatic heterocycles. The molecule has 0 aliphatic rings. The molecule has 2 aromatic rings. The number of sulfone groups is 1. The first-order chi connectivity index (χ1) is 9.79. The van der Waals surface area contributed by atoms with Crippen molar-refractivity contribution >= 4 is 15.8 Å². The number of aromatic carboxylic acids is 1. The number of benzene rings is 2. The van der Waals surface area contributed by atoms with Gasteiger partial charge in [0.1, 0.15) is 5.75 Å². The fourth-order valence-corrected chi connectivity index (χ4v) is 3.65. The van der Waals surface area contributed by atoms with E-state index in [2.05, 4.69) is 0 Å². The summed E-state index contributed by atoms with van der Waals surface area (Å²) in [6.45, 7) is 1.61. The van der Waals surface area contributed by atoms with Gasteiger partial charge in [0.25, 0.3) is 0 Å². The van der Waals surface area contributed by atoms with Crippen molar-refractivity contribution in [3.05, 3.63) is 59.2 Å². The molecule has 0 heterocycles. The summed E-state index contributed by atoms with van der Waals surface area (Å²) in [4.78, 5) is 11.0. The Labute approximate surface area is 122 Å². The summed E-state index contributed by atoms with van der Waals surface area (Å²) >= 11 is 0. The van der Waals surface area contributed by atoms with Crippen LogP contribution in [0.2, 0.25) is 0 Å². The number of phenolic OH excluding ortho intramolecular Hbond substituents is 1. The normalized spacial score (nSPS) is 11.3. The first-order valence-electron chi connectivity index (χ1n) is 6.14. The predicted molar refractivity (Wildman–Crippen MR) is 77.1 cm³/mol. The maximum Gasteiger partial charge on any atom is 0.335 e. The molecule has 0 bridgehead atoms. The van der Waals surface area contributed by atoms with Crippen LogP contribution in [0.1, 0.15) is 21.5 Å². The highest BCUT2D eigenvalue weighted by Gasteiger charge is 2.20. The molecule has 0 saturated carbocycles. The van der Waals surface area contributed by atoms with Gasteiger partial charge >= 0.3 is 5.97 Å². The number of carbonyl (C=O) groups is 1. The zero-order valence-electron chi connectivity index (χ0n) is 11.3. The lowest BCUT2D eigenvalue weighted by Crippen LogP contribution is -2.09. The monoisotopic (exact) mass is 306 g/mol. The van der Waals surface area contributed by atoms with E-state index in [4.69, 9.17) is 5.11 Å². The molecular weight excluding hydrogens is 292 g/mol. The van der Waals surface area contributed by atoms with Crippen LogP contribution >= 0.6 is 0 Å². The molecule has 0 atom stereocenters. The van der Waals surface area contributed by atoms with Gasteiger partial charge in [-0.05, 0) is 42.3 Å². The van der Waals surface area contributed by atoms with E-state index in [0.29, 0.717) is 11.1 Å². The van der Waals surface area contributed by atoms with Crippen LogP contribution in [-0.2, 0) is 15.6 Å². The molecule has 2 N–H and O–H groups in total. The summed E-state index contributed by atoms with van der Waals surface area (Å²) in [5, 5.41) is 18.3. The third-order valence-corrected chi connectivity index (χ3v) is 4.86. The van der Waals surface area contributed by atoms with E-state index >= 15 is 0 Å². The predicted octanol–water partition coefficient (Wildman–Crippen LogP) is 2.37. The topological polar surface area (TPSA) is 91.7 Å². The standard InChI is InChI=1S/C15H14O5S/c1-10-5-6-12(15(17)18)8-14(10)21(19,20)9-11-3-2-4-13(16)7-11/h2-8,16H,9H2,1H3,(H,17,18). The highest BCUT2D eigenvalue weighted by molar-refractivity contribution is 7.90. The third kappa shape index (κ3) is 3.41. The van der Waals surface area contributed by atoms with Gasteiger partial charge in [0, 0.05) is 0 Å². The van der Waals surface area contributed by atoms with Crippen molar-refractivity contribution in [1.82, 2.24) is 0 Å². The SMILES string of the molecule is Cc1ccc(C(=O)O)cc1S(=O)(=O)Cc1cccc(O)c1. The Bertz CT molecular complexity index is 793. The Morgan fingerprint density at radius 1 is 1.14 bits per heavy atom. The Morgan fingerprint density at radius 3 is 2.48 bits per heavy atom. The molecular formula is C15H14O5S. The van der Waals surface area contributed by atoms with E-state index in [1.54, 1.807) is 19.1 Å². The minimum atomic E-state index is -3.69. The molecule has 0 aliphatic carbocycles. The zero-order valence-corrected chi connectivity index (χ0v) is 12.1. The van der Waals surface area contributed by atoms with Crippen LogP contribution in [0.4, 0.5) is 0 Å². The number of aromatic hydroxyl groups is 1. The largest absolute Gasteiger partial charge is 0.508 e. The van der Waals surface area contributed by atoms with Crippen LogP contribution < -0.4 is 0 Å². The van der Waals surface area contributed by atoms with E-state index < -0.39 is 15.8 Å². The molecule has 0 spiro atoms. The third-order valence-electron chi connectivity index (χ3n) is 3.04. The smallest absolute Gasteiger partial charge is 0.335 e. The van der Waals surface area contributed by atoms with Crippen LogP contribution in [0, 0.1) is 6.92 Å². The van der Waals surface area contributed by atoms with Crippen LogP contribution in [0.5, 0.6) is 5.75 Å². The average Bonchev–Trinajstić information content (AvgIpc) is 2.38. The maximum absolute atomic E-state index is 12.4. The molecule has 5 nitrogen and oxygen atoms in total. The summed E-state index contributed by atoms with van der Waals surface area (Å²) < 4.78 is 24.9. The Hall–Kier alpha value is -2.34. The Kier molecular flexibility index (Phi) is 3.99. The lowest BCUT2D eigenvalue weighted by molar-refractivity contribution is 0.0696. The number of aryl methyl sites for hydroxylation is 1. The molecule has 0 unspecified atom stereocenters. The van der Waals surface area contributed by atoms with Crippen molar-refractivity contribution in [1.29, 1.82) is 0 Å². The van der Waals surface area contributed by atoms with Gasteiger partial charge in [-0.2, -0.15) is 0 Å². The van der Waals surface area contributed by atoms with Crippen molar-refractivity contribution in [3.63, 3.8) is 0 Å². The van der Waals surface area contributed by atoms with Gasteiger partial charge < -0.3 is 10.2 Å². The molecule has 0 fully saturated rings. The van der Waals surface area contributed by atoms with Crippen molar-refractivity contribution in [2.24, 2.45) is 0 Å². The highest BCUT2D eigenvalue weighted by atomic mass is 32.2. The Balaban J connectivity index is 2.44. The first kappa shape index (κ1) is 15.1. The highest BCUT2D eigenvalue weighted by Crippen LogP contribution is 2.23. The number of carboxylic acids is 1. The van der Waals surface area contributed by atoms with Crippen LogP contribution in [0.15, 0.2) is 47.4 Å². The van der Waals surface area contributed by atoms with E-state index in [0.717, 1.165) is 6.07 Å².